The molecule has 2 aliphatic rings. The van der Waals surface area contributed by atoms with E-state index >= 15 is 0 Å². The number of carbonyl (C=O) groups is 1. The quantitative estimate of drug-likeness (QED) is 0.593. The first-order chi connectivity index (χ1) is 8.62. The van der Waals surface area contributed by atoms with Crippen molar-refractivity contribution < 1.29 is 13.9 Å². The van der Waals surface area contributed by atoms with Crippen molar-refractivity contribution in [2.75, 3.05) is 7.11 Å². The van der Waals surface area contributed by atoms with Gasteiger partial charge in [-0.1, -0.05) is 6.08 Å². The highest BCUT2D eigenvalue weighted by atomic mass is 19.1. The average Bonchev–Trinajstić information content (AvgIpc) is 2.27. The summed E-state index contributed by atoms with van der Waals surface area (Å²) in [6, 6.07) is 0. The first kappa shape index (κ1) is 11.3. The van der Waals surface area contributed by atoms with Crippen LogP contribution in [0.4, 0.5) is 4.39 Å². The summed E-state index contributed by atoms with van der Waals surface area (Å²) in [5.74, 6) is -0.0788. The van der Waals surface area contributed by atoms with E-state index in [0.717, 1.165) is 30.4 Å². The first-order valence-electron chi connectivity index (χ1n) is 5.89. The molecule has 1 fully saturated rings. The maximum Gasteiger partial charge on any atom is 0.308 e. The number of aromatic nitrogens is 2. The predicted octanol–water partition coefficient (Wildman–Crippen LogP) is 1.97. The van der Waals surface area contributed by atoms with Crippen LogP contribution >= 0.6 is 0 Å². The Morgan fingerprint density at radius 1 is 1.44 bits per heavy atom. The fourth-order valence-corrected chi connectivity index (χ4v) is 2.90. The van der Waals surface area contributed by atoms with Gasteiger partial charge in [-0.15, -0.1) is 0 Å². The van der Waals surface area contributed by atoms with Crippen molar-refractivity contribution in [3.8, 4) is 0 Å². The van der Waals surface area contributed by atoms with Crippen LogP contribution in [-0.4, -0.2) is 23.0 Å². The maximum absolute atomic E-state index is 12.6. The van der Waals surface area contributed by atoms with E-state index in [1.165, 1.54) is 19.5 Å². The third-order valence-corrected chi connectivity index (χ3v) is 3.85. The number of rotatable bonds is 2. The minimum Gasteiger partial charge on any atom is -0.469 e. The lowest BCUT2D eigenvalue weighted by atomic mass is 9.53. The Hall–Kier alpha value is -1.78. The van der Waals surface area contributed by atoms with Crippen LogP contribution in [0.3, 0.4) is 0 Å². The van der Waals surface area contributed by atoms with E-state index in [1.807, 2.05) is 0 Å². The van der Waals surface area contributed by atoms with Gasteiger partial charge in [0.1, 0.15) is 0 Å². The average molecular weight is 248 g/mol. The second-order valence-electron chi connectivity index (χ2n) is 5.08. The fourth-order valence-electron chi connectivity index (χ4n) is 2.90. The van der Waals surface area contributed by atoms with Crippen LogP contribution in [0.15, 0.2) is 18.5 Å². The second kappa shape index (κ2) is 3.86. The van der Waals surface area contributed by atoms with Crippen LogP contribution in [0.1, 0.15) is 24.8 Å². The SMILES string of the molecule is COC(=O)C1CC2(C=C(c3cnc(F)nc3)C2)C1. The Balaban J connectivity index is 1.66. The van der Waals surface area contributed by atoms with Crippen molar-refractivity contribution in [1.29, 1.82) is 0 Å². The van der Waals surface area contributed by atoms with E-state index in [-0.39, 0.29) is 17.3 Å². The molecule has 0 saturated heterocycles. The molecule has 0 N–H and O–H groups in total. The molecule has 0 radical (unpaired) electrons. The lowest BCUT2D eigenvalue weighted by molar-refractivity contribution is -0.152. The van der Waals surface area contributed by atoms with Gasteiger partial charge in [0.2, 0.25) is 0 Å². The summed E-state index contributed by atoms with van der Waals surface area (Å²) in [6.45, 7) is 0. The molecule has 0 atom stereocenters. The number of ether oxygens (including phenoxy) is 1. The van der Waals surface area contributed by atoms with Crippen LogP contribution in [0.5, 0.6) is 0 Å². The molecule has 5 heteroatoms. The molecule has 2 aliphatic carbocycles. The Labute approximate surface area is 104 Å². The number of nitrogens with zero attached hydrogens (tertiary/aromatic N) is 2. The third-order valence-electron chi connectivity index (χ3n) is 3.85. The topological polar surface area (TPSA) is 52.1 Å². The van der Waals surface area contributed by atoms with E-state index in [0.29, 0.717) is 0 Å². The molecule has 4 nitrogen and oxygen atoms in total. The van der Waals surface area contributed by atoms with Gasteiger partial charge in [0.05, 0.1) is 13.0 Å². The van der Waals surface area contributed by atoms with Gasteiger partial charge >= 0.3 is 12.0 Å². The van der Waals surface area contributed by atoms with E-state index in [4.69, 9.17) is 4.74 Å². The zero-order chi connectivity index (χ0) is 12.8. The maximum atomic E-state index is 12.6. The number of hydrogen-bond donors (Lipinski definition) is 0. The van der Waals surface area contributed by atoms with Crippen molar-refractivity contribution in [3.05, 3.63) is 30.1 Å². The van der Waals surface area contributed by atoms with Crippen molar-refractivity contribution in [2.24, 2.45) is 11.3 Å². The van der Waals surface area contributed by atoms with Crippen LogP contribution in [0, 0.1) is 17.4 Å². The van der Waals surface area contributed by atoms with E-state index in [9.17, 15) is 9.18 Å². The highest BCUT2D eigenvalue weighted by Crippen LogP contribution is 2.59. The molecule has 0 aromatic carbocycles. The first-order valence-corrected chi connectivity index (χ1v) is 5.89. The number of carbonyl (C=O) groups excluding carboxylic acids is 1. The Bertz CT molecular complexity index is 518. The van der Waals surface area contributed by atoms with Crippen LogP contribution < -0.4 is 0 Å². The summed E-state index contributed by atoms with van der Waals surface area (Å²) < 4.78 is 17.3. The van der Waals surface area contributed by atoms with Gasteiger partial charge < -0.3 is 4.74 Å². The van der Waals surface area contributed by atoms with Crippen LogP contribution in [-0.2, 0) is 9.53 Å². The molecule has 0 bridgehead atoms. The second-order valence-corrected chi connectivity index (χ2v) is 5.08. The standard InChI is InChI=1S/C13H13FN2O2/c1-18-11(17)9-4-13(5-9)2-8(3-13)10-6-15-12(14)16-7-10/h2,6-7,9H,3-5H2,1H3. The summed E-state index contributed by atoms with van der Waals surface area (Å²) in [4.78, 5) is 18.4. The molecule has 1 spiro atoms. The number of halogens is 1. The van der Waals surface area contributed by atoms with Crippen molar-refractivity contribution in [2.45, 2.75) is 19.3 Å². The van der Waals surface area contributed by atoms with E-state index in [1.54, 1.807) is 0 Å². The van der Waals surface area contributed by atoms with Crippen LogP contribution in [0.25, 0.3) is 5.57 Å². The predicted molar refractivity (Wildman–Crippen MR) is 61.8 cm³/mol. The molecule has 18 heavy (non-hydrogen) atoms. The molecule has 3 rings (SSSR count). The van der Waals surface area contributed by atoms with Gasteiger partial charge in [0.15, 0.2) is 0 Å². The molecule has 94 valence electrons. The largest absolute Gasteiger partial charge is 0.469 e. The van der Waals surface area contributed by atoms with Crippen molar-refractivity contribution in [1.82, 2.24) is 9.97 Å². The Kier molecular flexibility index (Phi) is 2.43. The monoisotopic (exact) mass is 248 g/mol. The lowest BCUT2D eigenvalue weighted by Crippen LogP contribution is -2.44. The van der Waals surface area contributed by atoms with Crippen molar-refractivity contribution >= 4 is 11.5 Å². The summed E-state index contributed by atoms with van der Waals surface area (Å²) in [6.07, 6.45) is 7.06. The molecule has 1 aromatic heterocycles. The molecular weight excluding hydrogens is 235 g/mol. The van der Waals surface area contributed by atoms with Crippen LogP contribution in [0.2, 0.25) is 0 Å². The molecule has 0 amide bonds. The zero-order valence-electron chi connectivity index (χ0n) is 10.0. The Morgan fingerprint density at radius 3 is 2.61 bits per heavy atom. The van der Waals surface area contributed by atoms with E-state index in [2.05, 4.69) is 16.0 Å². The number of esters is 1. The molecule has 1 heterocycles. The Morgan fingerprint density at radius 2 is 2.06 bits per heavy atom. The summed E-state index contributed by atoms with van der Waals surface area (Å²) in [5.41, 5.74) is 2.16. The van der Waals surface area contributed by atoms with Gasteiger partial charge in [-0.3, -0.25) is 4.79 Å². The summed E-state index contributed by atoms with van der Waals surface area (Å²) >= 11 is 0. The van der Waals surface area contributed by atoms with Gasteiger partial charge in [-0.2, -0.15) is 4.39 Å². The number of methoxy groups -OCH3 is 1. The smallest absolute Gasteiger partial charge is 0.308 e. The van der Waals surface area contributed by atoms with Gasteiger partial charge in [-0.05, 0) is 30.3 Å². The molecular formula is C13H13FN2O2. The van der Waals surface area contributed by atoms with Gasteiger partial charge in [0.25, 0.3) is 0 Å². The minimum atomic E-state index is -0.706. The van der Waals surface area contributed by atoms with Gasteiger partial charge in [0, 0.05) is 18.0 Å². The molecule has 1 aromatic rings. The summed E-state index contributed by atoms with van der Waals surface area (Å²) in [5, 5.41) is 0. The number of allylic oxidation sites excluding steroid dienone is 2. The zero-order valence-corrected chi connectivity index (χ0v) is 10.0. The highest BCUT2D eigenvalue weighted by Gasteiger charge is 2.51. The molecule has 0 unspecified atom stereocenters. The normalized spacial score (nSPS) is 29.2. The highest BCUT2D eigenvalue weighted by molar-refractivity contribution is 5.77. The molecule has 1 saturated carbocycles. The summed E-state index contributed by atoms with van der Waals surface area (Å²) in [7, 11) is 1.42. The number of hydrogen-bond acceptors (Lipinski definition) is 4. The minimum absolute atomic E-state index is 0.0391. The molecule has 0 aliphatic heterocycles. The lowest BCUT2D eigenvalue weighted by Gasteiger charge is -2.50. The third kappa shape index (κ3) is 1.70. The van der Waals surface area contributed by atoms with Gasteiger partial charge in [-0.25, -0.2) is 9.97 Å². The fraction of sp³-hybridized carbons (Fsp3) is 0.462. The van der Waals surface area contributed by atoms with Crippen molar-refractivity contribution in [3.63, 3.8) is 0 Å². The van der Waals surface area contributed by atoms with E-state index < -0.39 is 6.08 Å².